The van der Waals surface area contributed by atoms with Crippen LogP contribution in [0, 0.1) is 6.92 Å². The summed E-state index contributed by atoms with van der Waals surface area (Å²) in [4.78, 5) is 12.0. The first-order valence-electron chi connectivity index (χ1n) is 8.96. The Morgan fingerprint density at radius 1 is 1.28 bits per heavy atom. The van der Waals surface area contributed by atoms with Crippen molar-refractivity contribution < 1.29 is 9.53 Å². The molecule has 2 aromatic rings. The second-order valence-electron chi connectivity index (χ2n) is 6.42. The molecule has 2 amide bonds. The minimum Gasteiger partial charge on any atom is -0.378 e. The second kappa shape index (κ2) is 8.67. The zero-order chi connectivity index (χ0) is 17.5. The van der Waals surface area contributed by atoms with Gasteiger partial charge in [0.05, 0.1) is 17.5 Å². The summed E-state index contributed by atoms with van der Waals surface area (Å²) in [5, 5.41) is 10.3. The van der Waals surface area contributed by atoms with Gasteiger partial charge in [0.1, 0.15) is 0 Å². The summed E-state index contributed by atoms with van der Waals surface area (Å²) in [5.41, 5.74) is 2.97. The predicted molar refractivity (Wildman–Crippen MR) is 96.7 cm³/mol. The fraction of sp³-hybridized carbons (Fsp3) is 0.474. The zero-order valence-corrected chi connectivity index (χ0v) is 14.7. The summed E-state index contributed by atoms with van der Waals surface area (Å²) in [7, 11) is 0. The summed E-state index contributed by atoms with van der Waals surface area (Å²) in [5.74, 6) is 0. The summed E-state index contributed by atoms with van der Waals surface area (Å²) < 4.78 is 7.51. The highest BCUT2D eigenvalue weighted by Gasteiger charge is 2.13. The van der Waals surface area contributed by atoms with Gasteiger partial charge in [-0.15, -0.1) is 0 Å². The van der Waals surface area contributed by atoms with Crippen molar-refractivity contribution in [3.8, 4) is 5.69 Å². The third-order valence-corrected chi connectivity index (χ3v) is 4.43. The summed E-state index contributed by atoms with van der Waals surface area (Å²) in [6, 6.07) is 9.76. The number of nitrogens with zero attached hydrogens (tertiary/aromatic N) is 2. The van der Waals surface area contributed by atoms with E-state index in [1.807, 2.05) is 48.1 Å². The molecule has 0 aliphatic carbocycles. The van der Waals surface area contributed by atoms with Gasteiger partial charge in [0.25, 0.3) is 0 Å². The minimum absolute atomic E-state index is 0.151. The molecule has 1 fully saturated rings. The number of aromatic nitrogens is 2. The molecule has 6 heteroatoms. The van der Waals surface area contributed by atoms with Crippen LogP contribution in [0.25, 0.3) is 5.69 Å². The summed E-state index contributed by atoms with van der Waals surface area (Å²) in [6.45, 7) is 3.90. The van der Waals surface area contributed by atoms with Crippen molar-refractivity contribution in [3.05, 3.63) is 47.8 Å². The number of nitrogens with one attached hydrogen (secondary N) is 2. The van der Waals surface area contributed by atoms with Crippen LogP contribution in [0.2, 0.25) is 0 Å². The van der Waals surface area contributed by atoms with Gasteiger partial charge in [0, 0.05) is 25.9 Å². The standard InChI is InChI=1S/C19H26N4O2/c1-15-10-12-23(22-15)18-8-3-2-6-16(18)14-21-19(24)20-11-9-17-7-4-5-13-25-17/h2-3,6,8,10,12,17H,4-5,7,9,11,13-14H2,1H3,(H2,20,21,24). The first-order chi connectivity index (χ1) is 12.2. The van der Waals surface area contributed by atoms with Gasteiger partial charge in [-0.3, -0.25) is 0 Å². The third kappa shape index (κ3) is 5.06. The lowest BCUT2D eigenvalue weighted by molar-refractivity contribution is 0.0120. The molecule has 3 rings (SSSR count). The van der Waals surface area contributed by atoms with Crippen LogP contribution in [0.15, 0.2) is 36.5 Å². The van der Waals surface area contributed by atoms with E-state index in [9.17, 15) is 4.79 Å². The topological polar surface area (TPSA) is 68.2 Å². The van der Waals surface area contributed by atoms with Crippen LogP contribution in [-0.2, 0) is 11.3 Å². The minimum atomic E-state index is -0.151. The van der Waals surface area contributed by atoms with E-state index in [-0.39, 0.29) is 12.1 Å². The maximum atomic E-state index is 12.0. The number of rotatable bonds is 6. The van der Waals surface area contributed by atoms with Crippen LogP contribution in [-0.4, -0.2) is 35.1 Å². The van der Waals surface area contributed by atoms with Gasteiger partial charge in [-0.05, 0) is 50.3 Å². The van der Waals surface area contributed by atoms with Gasteiger partial charge in [0.2, 0.25) is 0 Å². The van der Waals surface area contributed by atoms with Crippen LogP contribution >= 0.6 is 0 Å². The molecule has 1 saturated heterocycles. The van der Waals surface area contributed by atoms with Crippen LogP contribution < -0.4 is 10.6 Å². The average Bonchev–Trinajstić information content (AvgIpc) is 3.07. The van der Waals surface area contributed by atoms with E-state index >= 15 is 0 Å². The van der Waals surface area contributed by atoms with Gasteiger partial charge in [-0.25, -0.2) is 9.48 Å². The number of carbonyl (C=O) groups is 1. The number of hydrogen-bond donors (Lipinski definition) is 2. The molecule has 1 aliphatic rings. The van der Waals surface area contributed by atoms with E-state index in [4.69, 9.17) is 4.74 Å². The quantitative estimate of drug-likeness (QED) is 0.848. The zero-order valence-electron chi connectivity index (χ0n) is 14.7. The van der Waals surface area contributed by atoms with E-state index in [0.717, 1.165) is 42.8 Å². The number of amides is 2. The summed E-state index contributed by atoms with van der Waals surface area (Å²) >= 11 is 0. The first kappa shape index (κ1) is 17.5. The van der Waals surface area contributed by atoms with E-state index in [1.165, 1.54) is 6.42 Å². The average molecular weight is 342 g/mol. The Morgan fingerprint density at radius 3 is 2.92 bits per heavy atom. The largest absolute Gasteiger partial charge is 0.378 e. The molecule has 1 atom stereocenters. The number of aryl methyl sites for hydroxylation is 1. The SMILES string of the molecule is Cc1ccn(-c2ccccc2CNC(=O)NCCC2CCCCO2)n1. The highest BCUT2D eigenvalue weighted by atomic mass is 16.5. The van der Waals surface area contributed by atoms with Crippen LogP contribution in [0.1, 0.15) is 36.9 Å². The number of hydrogen-bond acceptors (Lipinski definition) is 3. The fourth-order valence-corrected chi connectivity index (χ4v) is 3.05. The van der Waals surface area contributed by atoms with Crippen molar-refractivity contribution >= 4 is 6.03 Å². The molecule has 1 unspecified atom stereocenters. The van der Waals surface area contributed by atoms with Crippen LogP contribution in [0.5, 0.6) is 0 Å². The molecule has 1 aromatic carbocycles. The molecular weight excluding hydrogens is 316 g/mol. The van der Waals surface area contributed by atoms with Crippen LogP contribution in [0.3, 0.4) is 0 Å². The smallest absolute Gasteiger partial charge is 0.315 e. The molecule has 1 aliphatic heterocycles. The van der Waals surface area contributed by atoms with E-state index in [1.54, 1.807) is 0 Å². The number of ether oxygens (including phenoxy) is 1. The van der Waals surface area contributed by atoms with Crippen molar-refractivity contribution in [3.63, 3.8) is 0 Å². The lowest BCUT2D eigenvalue weighted by Crippen LogP contribution is -2.37. The molecule has 0 spiro atoms. The Kier molecular flexibility index (Phi) is 6.06. The molecule has 0 bridgehead atoms. The molecular formula is C19H26N4O2. The molecule has 1 aromatic heterocycles. The fourth-order valence-electron chi connectivity index (χ4n) is 3.05. The maximum absolute atomic E-state index is 12.0. The lowest BCUT2D eigenvalue weighted by atomic mass is 10.1. The Hall–Kier alpha value is -2.34. The molecule has 25 heavy (non-hydrogen) atoms. The van der Waals surface area contributed by atoms with Crippen molar-refractivity contribution in [1.82, 2.24) is 20.4 Å². The highest BCUT2D eigenvalue weighted by molar-refractivity contribution is 5.73. The second-order valence-corrected chi connectivity index (χ2v) is 6.42. The Bertz CT molecular complexity index is 692. The number of urea groups is 1. The van der Waals surface area contributed by atoms with Crippen molar-refractivity contribution in [2.45, 2.75) is 45.3 Å². The van der Waals surface area contributed by atoms with Gasteiger partial charge in [0.15, 0.2) is 0 Å². The molecule has 2 heterocycles. The lowest BCUT2D eigenvalue weighted by Gasteiger charge is -2.22. The van der Waals surface area contributed by atoms with E-state index in [2.05, 4.69) is 15.7 Å². The molecule has 0 radical (unpaired) electrons. The number of para-hydroxylation sites is 1. The molecule has 6 nitrogen and oxygen atoms in total. The molecule has 134 valence electrons. The number of benzene rings is 1. The van der Waals surface area contributed by atoms with Crippen molar-refractivity contribution in [2.24, 2.45) is 0 Å². The Morgan fingerprint density at radius 2 is 2.16 bits per heavy atom. The first-order valence-corrected chi connectivity index (χ1v) is 8.96. The van der Waals surface area contributed by atoms with Gasteiger partial charge < -0.3 is 15.4 Å². The van der Waals surface area contributed by atoms with E-state index < -0.39 is 0 Å². The highest BCUT2D eigenvalue weighted by Crippen LogP contribution is 2.15. The normalized spacial score (nSPS) is 17.2. The van der Waals surface area contributed by atoms with Gasteiger partial charge in [-0.1, -0.05) is 18.2 Å². The monoisotopic (exact) mass is 342 g/mol. The van der Waals surface area contributed by atoms with Gasteiger partial charge in [-0.2, -0.15) is 5.10 Å². The predicted octanol–water partition coefficient (Wildman–Crippen LogP) is 2.94. The van der Waals surface area contributed by atoms with Crippen molar-refractivity contribution in [2.75, 3.05) is 13.2 Å². The van der Waals surface area contributed by atoms with E-state index in [0.29, 0.717) is 13.1 Å². The third-order valence-electron chi connectivity index (χ3n) is 4.43. The van der Waals surface area contributed by atoms with Crippen molar-refractivity contribution in [1.29, 1.82) is 0 Å². The molecule has 0 saturated carbocycles. The van der Waals surface area contributed by atoms with Crippen LogP contribution in [0.4, 0.5) is 4.79 Å². The summed E-state index contributed by atoms with van der Waals surface area (Å²) in [6.07, 6.45) is 6.56. The maximum Gasteiger partial charge on any atom is 0.315 e. The number of carbonyl (C=O) groups excluding carboxylic acids is 1. The Balaban J connectivity index is 1.47. The Labute approximate surface area is 148 Å². The van der Waals surface area contributed by atoms with Gasteiger partial charge >= 0.3 is 6.03 Å². The molecule has 2 N–H and O–H groups in total.